The summed E-state index contributed by atoms with van der Waals surface area (Å²) in [7, 11) is -3.45. The first-order chi connectivity index (χ1) is 18.9. The Morgan fingerprint density at radius 3 is 1.79 bits per heavy atom. The van der Waals surface area contributed by atoms with Crippen LogP contribution < -0.4 is 15.5 Å². The lowest BCUT2D eigenvalue weighted by molar-refractivity contribution is 0.212. The highest BCUT2D eigenvalue weighted by Gasteiger charge is 2.28. The summed E-state index contributed by atoms with van der Waals surface area (Å²) in [6.07, 6.45) is 1.17. The van der Waals surface area contributed by atoms with Gasteiger partial charge in [-0.3, -0.25) is 4.90 Å². The lowest BCUT2D eigenvalue weighted by Gasteiger charge is -2.41. The van der Waals surface area contributed by atoms with Gasteiger partial charge in [0.2, 0.25) is 0 Å². The van der Waals surface area contributed by atoms with E-state index >= 15 is 0 Å². The molecular formula is C31H32N4O3S. The average Bonchev–Trinajstić information content (AvgIpc) is 2.95. The molecule has 4 aromatic carbocycles. The topological polar surface area (TPSA) is 81.8 Å². The normalized spacial score (nSPS) is 14.3. The van der Waals surface area contributed by atoms with Crippen molar-refractivity contribution < 1.29 is 13.2 Å². The van der Waals surface area contributed by atoms with Crippen molar-refractivity contribution in [2.75, 3.05) is 48.0 Å². The first-order valence-electron chi connectivity index (χ1n) is 12.9. The highest BCUT2D eigenvalue weighted by atomic mass is 32.2. The molecule has 0 atom stereocenters. The van der Waals surface area contributed by atoms with Gasteiger partial charge in [0, 0.05) is 38.1 Å². The Kier molecular flexibility index (Phi) is 7.95. The average molecular weight is 541 g/mol. The van der Waals surface area contributed by atoms with Gasteiger partial charge in [-0.1, -0.05) is 78.9 Å². The first-order valence-corrected chi connectivity index (χ1v) is 14.8. The predicted molar refractivity (Wildman–Crippen MR) is 157 cm³/mol. The number of amides is 2. The minimum Gasteiger partial charge on any atom is -0.367 e. The van der Waals surface area contributed by atoms with Crippen molar-refractivity contribution in [3.05, 3.63) is 120 Å². The molecule has 0 unspecified atom stereocenters. The number of sulfone groups is 1. The Morgan fingerprint density at radius 1 is 0.718 bits per heavy atom. The largest absolute Gasteiger partial charge is 0.367 e. The molecule has 0 bridgehead atoms. The molecule has 1 heterocycles. The maximum Gasteiger partial charge on any atom is 0.323 e. The molecule has 2 amide bonds. The molecule has 1 aliphatic heterocycles. The minimum atomic E-state index is -3.45. The third kappa shape index (κ3) is 6.47. The summed E-state index contributed by atoms with van der Waals surface area (Å²) in [6.45, 7) is 3.06. The number of hydrogen-bond acceptors (Lipinski definition) is 5. The van der Waals surface area contributed by atoms with Crippen molar-refractivity contribution in [3.63, 3.8) is 0 Å². The molecule has 2 N–H and O–H groups in total. The molecule has 5 rings (SSSR count). The van der Waals surface area contributed by atoms with Gasteiger partial charge in [0.1, 0.15) is 0 Å². The third-order valence-corrected chi connectivity index (χ3v) is 8.04. The zero-order valence-corrected chi connectivity index (χ0v) is 22.6. The Labute approximate surface area is 230 Å². The van der Waals surface area contributed by atoms with Crippen LogP contribution in [0.15, 0.2) is 114 Å². The van der Waals surface area contributed by atoms with E-state index in [1.54, 1.807) is 30.3 Å². The van der Waals surface area contributed by atoms with Gasteiger partial charge in [-0.25, -0.2) is 13.2 Å². The summed E-state index contributed by atoms with van der Waals surface area (Å²) in [4.78, 5) is 17.7. The van der Waals surface area contributed by atoms with Gasteiger partial charge in [-0.2, -0.15) is 0 Å². The molecule has 0 saturated carbocycles. The molecule has 4 aromatic rings. The molecule has 7 nitrogen and oxygen atoms in total. The number of nitrogens with zero attached hydrogens (tertiary/aromatic N) is 2. The maximum absolute atomic E-state index is 12.8. The van der Waals surface area contributed by atoms with Crippen LogP contribution in [0.25, 0.3) is 0 Å². The maximum atomic E-state index is 12.8. The van der Waals surface area contributed by atoms with Crippen LogP contribution in [-0.2, 0) is 9.84 Å². The van der Waals surface area contributed by atoms with E-state index in [4.69, 9.17) is 0 Å². The van der Waals surface area contributed by atoms with Crippen LogP contribution in [0.2, 0.25) is 0 Å². The molecule has 1 fully saturated rings. The van der Waals surface area contributed by atoms with Crippen LogP contribution in [-0.4, -0.2) is 51.8 Å². The molecule has 200 valence electrons. The van der Waals surface area contributed by atoms with E-state index in [9.17, 15) is 13.2 Å². The van der Waals surface area contributed by atoms with E-state index in [1.165, 1.54) is 17.4 Å². The molecule has 8 heteroatoms. The van der Waals surface area contributed by atoms with E-state index in [2.05, 4.69) is 69.0 Å². The number of piperazine rings is 1. The fraction of sp³-hybridized carbons (Fsp3) is 0.194. The van der Waals surface area contributed by atoms with Crippen molar-refractivity contribution in [2.24, 2.45) is 0 Å². The number of nitrogens with one attached hydrogen (secondary N) is 2. The SMILES string of the molecule is CS(=O)(=O)c1ccc(N2CCN(C(c3ccccc3)c3ccccc3)CC2)c(NC(=O)Nc2ccccc2)c1. The quantitative estimate of drug-likeness (QED) is 0.317. The molecule has 1 aliphatic rings. The van der Waals surface area contributed by atoms with E-state index in [0.29, 0.717) is 11.4 Å². The number of rotatable bonds is 7. The van der Waals surface area contributed by atoms with Gasteiger partial charge >= 0.3 is 6.03 Å². The summed E-state index contributed by atoms with van der Waals surface area (Å²) >= 11 is 0. The highest BCUT2D eigenvalue weighted by molar-refractivity contribution is 7.90. The van der Waals surface area contributed by atoms with Gasteiger partial charge in [-0.05, 0) is 41.5 Å². The summed E-state index contributed by atoms with van der Waals surface area (Å²) in [5.41, 5.74) is 4.39. The molecular weight excluding hydrogens is 508 g/mol. The molecule has 0 radical (unpaired) electrons. The van der Waals surface area contributed by atoms with E-state index in [-0.39, 0.29) is 10.9 Å². The van der Waals surface area contributed by atoms with Crippen molar-refractivity contribution in [1.29, 1.82) is 0 Å². The minimum absolute atomic E-state index is 0.136. The second-order valence-corrected chi connectivity index (χ2v) is 11.7. The zero-order chi connectivity index (χ0) is 27.2. The van der Waals surface area contributed by atoms with Crippen LogP contribution in [0.4, 0.5) is 21.9 Å². The predicted octanol–water partition coefficient (Wildman–Crippen LogP) is 5.65. The molecule has 0 spiro atoms. The smallest absolute Gasteiger partial charge is 0.323 e. The molecule has 1 saturated heterocycles. The standard InChI is InChI=1S/C31H32N4O3S/c1-39(37,38)27-17-18-29(28(23-27)33-31(36)32-26-15-9-4-10-16-26)34-19-21-35(22-20-34)30(24-11-5-2-6-12-24)25-13-7-3-8-14-25/h2-18,23,30H,19-22H2,1H3,(H2,32,33,36). The second-order valence-electron chi connectivity index (χ2n) is 9.64. The van der Waals surface area contributed by atoms with Crippen LogP contribution in [0, 0.1) is 0 Å². The Hall–Kier alpha value is -4.14. The van der Waals surface area contributed by atoms with Gasteiger partial charge in [0.15, 0.2) is 9.84 Å². The fourth-order valence-electron chi connectivity index (χ4n) is 5.03. The van der Waals surface area contributed by atoms with Crippen LogP contribution in [0.5, 0.6) is 0 Å². The van der Waals surface area contributed by atoms with Crippen molar-refractivity contribution in [2.45, 2.75) is 10.9 Å². The number of carbonyl (C=O) groups is 1. The van der Waals surface area contributed by atoms with E-state index in [1.807, 2.05) is 30.3 Å². The van der Waals surface area contributed by atoms with Crippen molar-refractivity contribution in [1.82, 2.24) is 4.90 Å². The summed E-state index contributed by atoms with van der Waals surface area (Å²) in [6, 6.07) is 34.8. The van der Waals surface area contributed by atoms with Gasteiger partial charge in [0.05, 0.1) is 22.3 Å². The lowest BCUT2D eigenvalue weighted by atomic mass is 9.96. The Balaban J connectivity index is 1.37. The van der Waals surface area contributed by atoms with E-state index in [0.717, 1.165) is 31.9 Å². The number of carbonyl (C=O) groups excluding carboxylic acids is 1. The zero-order valence-electron chi connectivity index (χ0n) is 21.8. The van der Waals surface area contributed by atoms with E-state index < -0.39 is 15.9 Å². The van der Waals surface area contributed by atoms with Crippen LogP contribution in [0.1, 0.15) is 17.2 Å². The number of benzene rings is 4. The monoisotopic (exact) mass is 540 g/mol. The highest BCUT2D eigenvalue weighted by Crippen LogP contribution is 2.33. The first kappa shape index (κ1) is 26.5. The van der Waals surface area contributed by atoms with Crippen molar-refractivity contribution in [3.8, 4) is 0 Å². The number of urea groups is 1. The number of para-hydroxylation sites is 1. The molecule has 0 aliphatic carbocycles. The van der Waals surface area contributed by atoms with Gasteiger partial charge in [0.25, 0.3) is 0 Å². The number of anilines is 3. The van der Waals surface area contributed by atoms with Crippen LogP contribution in [0.3, 0.4) is 0 Å². The van der Waals surface area contributed by atoms with Crippen LogP contribution >= 0.6 is 0 Å². The van der Waals surface area contributed by atoms with Gasteiger partial charge in [-0.15, -0.1) is 0 Å². The summed E-state index contributed by atoms with van der Waals surface area (Å²) in [5, 5.41) is 5.70. The van der Waals surface area contributed by atoms with Gasteiger partial charge < -0.3 is 15.5 Å². The second kappa shape index (κ2) is 11.7. The molecule has 39 heavy (non-hydrogen) atoms. The Morgan fingerprint density at radius 2 is 1.26 bits per heavy atom. The summed E-state index contributed by atoms with van der Waals surface area (Å²) in [5.74, 6) is 0. The lowest BCUT2D eigenvalue weighted by Crippen LogP contribution is -2.48. The Bertz CT molecular complexity index is 1470. The third-order valence-electron chi connectivity index (χ3n) is 6.93. The number of hydrogen-bond donors (Lipinski definition) is 2. The summed E-state index contributed by atoms with van der Waals surface area (Å²) < 4.78 is 24.6. The molecule has 0 aromatic heterocycles. The van der Waals surface area contributed by atoms with Crippen molar-refractivity contribution >= 4 is 32.9 Å². The fourth-order valence-corrected chi connectivity index (χ4v) is 5.68.